The molecular weight excluding hydrogens is 402 g/mol. The highest BCUT2D eigenvalue weighted by Crippen LogP contribution is 2.28. The lowest BCUT2D eigenvalue weighted by Gasteiger charge is -2.31. The Bertz CT molecular complexity index is 1020. The van der Waals surface area contributed by atoms with Crippen molar-refractivity contribution in [1.82, 2.24) is 9.88 Å². The normalized spacial score (nSPS) is 14.5. The standard InChI is InChI=1S/C22H23N3O4S/c1-28-16-11-15(12-17(13-16)29-2)21(27)25-9-7-14(8-10-25)20(26)24-22-23-18-5-3-4-6-19(18)30-22/h3-6,11-14H,7-10H2,1-2H3,(H,23,24,26). The SMILES string of the molecule is COc1cc(OC)cc(C(=O)N2CCC(C(=O)Nc3nc4ccccc4s3)CC2)c1. The van der Waals surface area contributed by atoms with Crippen LogP contribution in [0.15, 0.2) is 42.5 Å². The molecule has 0 unspecified atom stereocenters. The molecule has 30 heavy (non-hydrogen) atoms. The molecule has 4 rings (SSSR count). The van der Waals surface area contributed by atoms with Gasteiger partial charge in [-0.3, -0.25) is 9.59 Å². The van der Waals surface area contributed by atoms with Crippen molar-refractivity contribution < 1.29 is 19.1 Å². The molecule has 8 heteroatoms. The number of anilines is 1. The van der Waals surface area contributed by atoms with Gasteiger partial charge in [-0.05, 0) is 37.1 Å². The van der Waals surface area contributed by atoms with Gasteiger partial charge in [-0.1, -0.05) is 23.5 Å². The molecule has 0 bridgehead atoms. The van der Waals surface area contributed by atoms with Gasteiger partial charge < -0.3 is 19.7 Å². The number of likely N-dealkylation sites (tertiary alicyclic amines) is 1. The zero-order valence-corrected chi connectivity index (χ0v) is 17.7. The van der Waals surface area contributed by atoms with Crippen LogP contribution in [0.5, 0.6) is 11.5 Å². The molecule has 0 radical (unpaired) electrons. The molecule has 0 atom stereocenters. The van der Waals surface area contributed by atoms with Crippen molar-refractivity contribution in [3.63, 3.8) is 0 Å². The molecule has 1 fully saturated rings. The maximum Gasteiger partial charge on any atom is 0.254 e. The number of carbonyl (C=O) groups is 2. The maximum absolute atomic E-state index is 12.9. The highest BCUT2D eigenvalue weighted by Gasteiger charge is 2.28. The van der Waals surface area contributed by atoms with Gasteiger partial charge in [-0.2, -0.15) is 0 Å². The van der Waals surface area contributed by atoms with E-state index in [0.717, 1.165) is 10.2 Å². The molecule has 2 heterocycles. The molecule has 0 spiro atoms. The third-order valence-electron chi connectivity index (χ3n) is 5.28. The Morgan fingerprint density at radius 3 is 2.37 bits per heavy atom. The third-order valence-corrected chi connectivity index (χ3v) is 6.23. The minimum Gasteiger partial charge on any atom is -0.497 e. The number of piperidine rings is 1. The Morgan fingerprint density at radius 2 is 1.73 bits per heavy atom. The zero-order chi connectivity index (χ0) is 21.1. The van der Waals surface area contributed by atoms with E-state index in [0.29, 0.717) is 48.1 Å². The summed E-state index contributed by atoms with van der Waals surface area (Å²) in [7, 11) is 3.11. The molecule has 1 aromatic heterocycles. The number of nitrogens with zero attached hydrogens (tertiary/aromatic N) is 2. The number of rotatable bonds is 5. The molecule has 0 saturated carbocycles. The van der Waals surface area contributed by atoms with E-state index in [4.69, 9.17) is 9.47 Å². The van der Waals surface area contributed by atoms with Gasteiger partial charge in [0.15, 0.2) is 5.13 Å². The van der Waals surface area contributed by atoms with E-state index in [2.05, 4.69) is 10.3 Å². The molecule has 156 valence electrons. The summed E-state index contributed by atoms with van der Waals surface area (Å²) in [5.74, 6) is 0.882. The fourth-order valence-corrected chi connectivity index (χ4v) is 4.46. The average Bonchev–Trinajstić information content (AvgIpc) is 3.20. The van der Waals surface area contributed by atoms with Crippen molar-refractivity contribution in [3.8, 4) is 11.5 Å². The van der Waals surface area contributed by atoms with Gasteiger partial charge in [0.25, 0.3) is 5.91 Å². The molecule has 1 N–H and O–H groups in total. The monoisotopic (exact) mass is 425 g/mol. The lowest BCUT2D eigenvalue weighted by atomic mass is 9.95. The summed E-state index contributed by atoms with van der Waals surface area (Å²) in [6.45, 7) is 1.05. The van der Waals surface area contributed by atoms with E-state index in [1.165, 1.54) is 11.3 Å². The Hall–Kier alpha value is -3.13. The first-order valence-corrected chi connectivity index (χ1v) is 10.6. The van der Waals surface area contributed by atoms with Crippen molar-refractivity contribution in [2.24, 2.45) is 5.92 Å². The number of ether oxygens (including phenoxy) is 2. The largest absolute Gasteiger partial charge is 0.497 e. The van der Waals surface area contributed by atoms with Crippen LogP contribution in [0.2, 0.25) is 0 Å². The second kappa shape index (κ2) is 8.71. The predicted molar refractivity (Wildman–Crippen MR) is 116 cm³/mol. The van der Waals surface area contributed by atoms with Gasteiger partial charge in [0.2, 0.25) is 5.91 Å². The first-order chi connectivity index (χ1) is 14.6. The van der Waals surface area contributed by atoms with Crippen molar-refractivity contribution in [3.05, 3.63) is 48.0 Å². The van der Waals surface area contributed by atoms with Gasteiger partial charge in [0.1, 0.15) is 11.5 Å². The summed E-state index contributed by atoms with van der Waals surface area (Å²) in [5, 5.41) is 3.55. The molecule has 7 nitrogen and oxygen atoms in total. The highest BCUT2D eigenvalue weighted by molar-refractivity contribution is 7.22. The molecule has 2 aromatic carbocycles. The first-order valence-electron chi connectivity index (χ1n) is 9.76. The van der Waals surface area contributed by atoms with Crippen molar-refractivity contribution in [2.75, 3.05) is 32.6 Å². The maximum atomic E-state index is 12.9. The van der Waals surface area contributed by atoms with Gasteiger partial charge in [-0.15, -0.1) is 0 Å². The van der Waals surface area contributed by atoms with Crippen LogP contribution < -0.4 is 14.8 Å². The number of para-hydroxylation sites is 1. The van der Waals surface area contributed by atoms with E-state index < -0.39 is 0 Å². The Balaban J connectivity index is 1.37. The Kier molecular flexibility index (Phi) is 5.85. The Morgan fingerprint density at radius 1 is 1.07 bits per heavy atom. The fourth-order valence-electron chi connectivity index (χ4n) is 3.59. The van der Waals surface area contributed by atoms with Crippen molar-refractivity contribution in [1.29, 1.82) is 0 Å². The van der Waals surface area contributed by atoms with Crippen LogP contribution >= 0.6 is 11.3 Å². The number of hydrogen-bond donors (Lipinski definition) is 1. The molecular formula is C22H23N3O4S. The van der Waals surface area contributed by atoms with Crippen LogP contribution in [0.25, 0.3) is 10.2 Å². The first kappa shape index (κ1) is 20.2. The van der Waals surface area contributed by atoms with Crippen molar-refractivity contribution in [2.45, 2.75) is 12.8 Å². The zero-order valence-electron chi connectivity index (χ0n) is 16.9. The topological polar surface area (TPSA) is 80.8 Å². The summed E-state index contributed by atoms with van der Waals surface area (Å²) >= 11 is 1.47. The van der Waals surface area contributed by atoms with Crippen LogP contribution in [0, 0.1) is 5.92 Å². The smallest absolute Gasteiger partial charge is 0.254 e. The number of benzene rings is 2. The van der Waals surface area contributed by atoms with Gasteiger partial charge in [0, 0.05) is 30.6 Å². The van der Waals surface area contributed by atoms with Crippen LogP contribution in [0.4, 0.5) is 5.13 Å². The third kappa shape index (κ3) is 4.23. The summed E-state index contributed by atoms with van der Waals surface area (Å²) in [6.07, 6.45) is 1.23. The second-order valence-electron chi connectivity index (χ2n) is 7.14. The number of amides is 2. The predicted octanol–water partition coefficient (Wildman–Crippen LogP) is 3.80. The van der Waals surface area contributed by atoms with Crippen LogP contribution in [0.1, 0.15) is 23.2 Å². The quantitative estimate of drug-likeness (QED) is 0.672. The van der Waals surface area contributed by atoms with E-state index in [-0.39, 0.29) is 17.7 Å². The lowest BCUT2D eigenvalue weighted by molar-refractivity contribution is -0.121. The summed E-state index contributed by atoms with van der Waals surface area (Å²) < 4.78 is 11.5. The number of fused-ring (bicyclic) bond motifs is 1. The number of thiazole rings is 1. The molecule has 0 aliphatic carbocycles. The molecule has 2 amide bonds. The number of hydrogen-bond acceptors (Lipinski definition) is 6. The van der Waals surface area contributed by atoms with Crippen molar-refractivity contribution >= 4 is 38.5 Å². The van der Waals surface area contributed by atoms with Gasteiger partial charge >= 0.3 is 0 Å². The van der Waals surface area contributed by atoms with Crippen LogP contribution in [-0.4, -0.2) is 49.0 Å². The van der Waals surface area contributed by atoms with E-state index in [9.17, 15) is 9.59 Å². The lowest BCUT2D eigenvalue weighted by Crippen LogP contribution is -2.41. The fraction of sp³-hybridized carbons (Fsp3) is 0.318. The van der Waals surface area contributed by atoms with Gasteiger partial charge in [-0.25, -0.2) is 4.98 Å². The number of aromatic nitrogens is 1. The number of nitrogens with one attached hydrogen (secondary N) is 1. The van der Waals surface area contributed by atoms with E-state index >= 15 is 0 Å². The minimum atomic E-state index is -0.138. The molecule has 1 aliphatic heterocycles. The molecule has 1 saturated heterocycles. The Labute approximate surface area is 178 Å². The second-order valence-corrected chi connectivity index (χ2v) is 8.17. The number of methoxy groups -OCH3 is 2. The molecule has 1 aliphatic rings. The summed E-state index contributed by atoms with van der Waals surface area (Å²) in [4.78, 5) is 31.8. The van der Waals surface area contributed by atoms with Crippen LogP contribution in [0.3, 0.4) is 0 Å². The minimum absolute atomic E-state index is 0.0378. The highest BCUT2D eigenvalue weighted by atomic mass is 32.1. The van der Waals surface area contributed by atoms with Crippen LogP contribution in [-0.2, 0) is 4.79 Å². The average molecular weight is 426 g/mol. The summed E-state index contributed by atoms with van der Waals surface area (Å²) in [6, 6.07) is 12.9. The van der Waals surface area contributed by atoms with E-state index in [1.807, 2.05) is 24.3 Å². The van der Waals surface area contributed by atoms with Gasteiger partial charge in [0.05, 0.1) is 24.4 Å². The number of carbonyl (C=O) groups excluding carboxylic acids is 2. The summed E-state index contributed by atoms with van der Waals surface area (Å²) in [5.41, 5.74) is 1.40. The molecule has 3 aromatic rings. The van der Waals surface area contributed by atoms with E-state index in [1.54, 1.807) is 37.3 Å².